The van der Waals surface area contributed by atoms with Crippen LogP contribution in [0.15, 0.2) is 66.7 Å². The van der Waals surface area contributed by atoms with E-state index in [-0.39, 0.29) is 5.91 Å². The van der Waals surface area contributed by atoms with Gasteiger partial charge in [-0.2, -0.15) is 5.10 Å². The largest absolute Gasteiger partial charge is 0.492 e. The van der Waals surface area contributed by atoms with Gasteiger partial charge in [0.1, 0.15) is 12.4 Å². The third-order valence-corrected chi connectivity index (χ3v) is 6.23. The molecule has 1 aliphatic heterocycles. The maximum Gasteiger partial charge on any atom is 0.251 e. The number of carbonyl (C=O) groups excluding carboxylic acids is 1. The normalized spacial score (nSPS) is 13.9. The van der Waals surface area contributed by atoms with Gasteiger partial charge in [-0.25, -0.2) is 9.50 Å². The summed E-state index contributed by atoms with van der Waals surface area (Å²) in [5.41, 5.74) is 4.47. The number of nitrogens with zero attached hydrogens (tertiary/aromatic N) is 4. The maximum atomic E-state index is 11.8. The molecule has 0 saturated carbocycles. The molecule has 1 aliphatic rings. The second kappa shape index (κ2) is 10.1. The molecule has 1 N–H and O–H groups in total. The Kier molecular flexibility index (Phi) is 6.53. The van der Waals surface area contributed by atoms with Crippen LogP contribution in [-0.2, 0) is 6.42 Å². The zero-order valence-electron chi connectivity index (χ0n) is 19.4. The fourth-order valence-corrected chi connectivity index (χ4v) is 4.36. The van der Waals surface area contributed by atoms with Crippen LogP contribution in [0.3, 0.4) is 0 Å². The number of aromatic nitrogens is 3. The molecule has 0 bridgehead atoms. The second-order valence-corrected chi connectivity index (χ2v) is 8.58. The number of amides is 1. The van der Waals surface area contributed by atoms with Gasteiger partial charge < -0.3 is 10.1 Å². The van der Waals surface area contributed by atoms with Gasteiger partial charge >= 0.3 is 0 Å². The van der Waals surface area contributed by atoms with E-state index in [2.05, 4.69) is 22.3 Å². The van der Waals surface area contributed by atoms with Crippen LogP contribution in [0.5, 0.6) is 5.75 Å². The number of likely N-dealkylation sites (tertiary alicyclic amines) is 1. The number of fused-ring (bicyclic) bond motifs is 1. The second-order valence-electron chi connectivity index (χ2n) is 8.58. The molecule has 2 aromatic heterocycles. The summed E-state index contributed by atoms with van der Waals surface area (Å²) in [4.78, 5) is 19.0. The van der Waals surface area contributed by atoms with E-state index in [0.29, 0.717) is 12.0 Å². The molecule has 3 heterocycles. The number of nitrogens with one attached hydrogen (secondary N) is 1. The van der Waals surface area contributed by atoms with Gasteiger partial charge in [0.15, 0.2) is 11.5 Å². The fourth-order valence-electron chi connectivity index (χ4n) is 4.36. The van der Waals surface area contributed by atoms with Gasteiger partial charge in [-0.15, -0.1) is 0 Å². The van der Waals surface area contributed by atoms with Crippen molar-refractivity contribution in [3.05, 3.63) is 83.7 Å². The predicted octanol–water partition coefficient (Wildman–Crippen LogP) is 3.82. The number of hydrogen-bond donors (Lipinski definition) is 1. The lowest BCUT2D eigenvalue weighted by atomic mass is 10.1. The Bertz CT molecular complexity index is 1260. The minimum atomic E-state index is -0.101. The standard InChI is InChI=1S/C27H29N5O2/c1-28-27(33)22-11-9-21(10-12-22)24-5-4-6-26-29-25(30-32(24)26)19-20-7-13-23(14-8-20)34-18-17-31-15-2-3-16-31/h4-14H,2-3,15-19H2,1H3,(H,28,33). The van der Waals surface area contributed by atoms with E-state index in [4.69, 9.17) is 14.8 Å². The molecular weight excluding hydrogens is 426 g/mol. The molecule has 0 aliphatic carbocycles. The van der Waals surface area contributed by atoms with Crippen LogP contribution in [0, 0.1) is 0 Å². The Balaban J connectivity index is 1.27. The first-order valence-electron chi connectivity index (χ1n) is 11.8. The number of hydrogen-bond acceptors (Lipinski definition) is 5. The van der Waals surface area contributed by atoms with Crippen molar-refractivity contribution in [2.24, 2.45) is 0 Å². The summed E-state index contributed by atoms with van der Waals surface area (Å²) in [5.74, 6) is 1.56. The minimum Gasteiger partial charge on any atom is -0.492 e. The molecule has 1 amide bonds. The molecule has 174 valence electrons. The molecule has 0 unspecified atom stereocenters. The molecule has 0 atom stereocenters. The summed E-state index contributed by atoms with van der Waals surface area (Å²) in [6.07, 6.45) is 3.25. The first kappa shape index (κ1) is 22.1. The van der Waals surface area contributed by atoms with Crippen LogP contribution in [0.4, 0.5) is 0 Å². The Morgan fingerprint density at radius 2 is 1.76 bits per heavy atom. The lowest BCUT2D eigenvalue weighted by molar-refractivity contribution is 0.0963. The number of rotatable bonds is 8. The third-order valence-electron chi connectivity index (χ3n) is 6.23. The first-order chi connectivity index (χ1) is 16.7. The molecule has 7 heteroatoms. The third kappa shape index (κ3) is 4.94. The summed E-state index contributed by atoms with van der Waals surface area (Å²) >= 11 is 0. The zero-order valence-corrected chi connectivity index (χ0v) is 19.4. The molecule has 1 saturated heterocycles. The Morgan fingerprint density at radius 1 is 1.00 bits per heavy atom. The van der Waals surface area contributed by atoms with E-state index in [1.807, 2.05) is 59.1 Å². The Labute approximate surface area is 199 Å². The van der Waals surface area contributed by atoms with Crippen molar-refractivity contribution in [1.29, 1.82) is 0 Å². The van der Waals surface area contributed by atoms with Gasteiger partial charge in [0.25, 0.3) is 5.91 Å². The summed E-state index contributed by atoms with van der Waals surface area (Å²) in [7, 11) is 1.63. The fraction of sp³-hybridized carbons (Fsp3) is 0.296. The minimum absolute atomic E-state index is 0.101. The van der Waals surface area contributed by atoms with Crippen molar-refractivity contribution < 1.29 is 9.53 Å². The van der Waals surface area contributed by atoms with E-state index in [0.717, 1.165) is 47.2 Å². The average Bonchev–Trinajstić information content (AvgIpc) is 3.54. The monoisotopic (exact) mass is 455 g/mol. The van der Waals surface area contributed by atoms with Crippen molar-refractivity contribution >= 4 is 11.6 Å². The van der Waals surface area contributed by atoms with Gasteiger partial charge in [0, 0.05) is 31.1 Å². The van der Waals surface area contributed by atoms with E-state index in [1.165, 1.54) is 25.9 Å². The Hall–Kier alpha value is -3.71. The highest BCUT2D eigenvalue weighted by atomic mass is 16.5. The molecule has 7 nitrogen and oxygen atoms in total. The van der Waals surface area contributed by atoms with Crippen molar-refractivity contribution in [3.63, 3.8) is 0 Å². The lowest BCUT2D eigenvalue weighted by Gasteiger charge is -2.14. The van der Waals surface area contributed by atoms with Crippen molar-refractivity contribution in [3.8, 4) is 17.0 Å². The van der Waals surface area contributed by atoms with Gasteiger partial charge in [-0.3, -0.25) is 9.69 Å². The smallest absolute Gasteiger partial charge is 0.251 e. The SMILES string of the molecule is CNC(=O)c1ccc(-c2cccc3nc(Cc4ccc(OCCN5CCCC5)cc4)nn23)cc1. The number of carbonyl (C=O) groups is 1. The summed E-state index contributed by atoms with van der Waals surface area (Å²) in [6.45, 7) is 4.10. The predicted molar refractivity (Wildman–Crippen MR) is 132 cm³/mol. The van der Waals surface area contributed by atoms with E-state index in [1.54, 1.807) is 7.05 Å². The van der Waals surface area contributed by atoms with Crippen LogP contribution in [0.2, 0.25) is 0 Å². The van der Waals surface area contributed by atoms with Crippen molar-refractivity contribution in [1.82, 2.24) is 24.8 Å². The molecule has 2 aromatic carbocycles. The van der Waals surface area contributed by atoms with Crippen molar-refractivity contribution in [2.75, 3.05) is 33.3 Å². The van der Waals surface area contributed by atoms with E-state index >= 15 is 0 Å². The van der Waals surface area contributed by atoms with E-state index in [9.17, 15) is 4.79 Å². The number of ether oxygens (including phenoxy) is 1. The molecule has 0 spiro atoms. The van der Waals surface area contributed by atoms with E-state index < -0.39 is 0 Å². The zero-order chi connectivity index (χ0) is 23.3. The van der Waals surface area contributed by atoms with Gasteiger partial charge in [0.05, 0.1) is 5.69 Å². The van der Waals surface area contributed by atoms with Gasteiger partial charge in [-0.05, 0) is 67.9 Å². The van der Waals surface area contributed by atoms with Gasteiger partial charge in [0.2, 0.25) is 0 Å². The topological polar surface area (TPSA) is 71.8 Å². The van der Waals surface area contributed by atoms with Crippen LogP contribution >= 0.6 is 0 Å². The highest BCUT2D eigenvalue weighted by Crippen LogP contribution is 2.22. The van der Waals surface area contributed by atoms with Crippen LogP contribution in [-0.4, -0.2) is 58.7 Å². The molecule has 34 heavy (non-hydrogen) atoms. The molecule has 0 radical (unpaired) electrons. The van der Waals surface area contributed by atoms with Crippen LogP contribution < -0.4 is 10.1 Å². The summed E-state index contributed by atoms with van der Waals surface area (Å²) < 4.78 is 7.78. The molecule has 5 rings (SSSR count). The first-order valence-corrected chi connectivity index (χ1v) is 11.8. The average molecular weight is 456 g/mol. The lowest BCUT2D eigenvalue weighted by Crippen LogP contribution is -2.25. The van der Waals surface area contributed by atoms with Crippen LogP contribution in [0.1, 0.15) is 34.6 Å². The van der Waals surface area contributed by atoms with Crippen molar-refractivity contribution in [2.45, 2.75) is 19.3 Å². The molecule has 1 fully saturated rings. The number of pyridine rings is 1. The maximum absolute atomic E-state index is 11.8. The van der Waals surface area contributed by atoms with Crippen LogP contribution in [0.25, 0.3) is 16.9 Å². The summed E-state index contributed by atoms with van der Waals surface area (Å²) in [5, 5.41) is 7.41. The highest BCUT2D eigenvalue weighted by Gasteiger charge is 2.12. The Morgan fingerprint density at radius 3 is 2.50 bits per heavy atom. The number of benzene rings is 2. The molecule has 4 aromatic rings. The summed E-state index contributed by atoms with van der Waals surface area (Å²) in [6, 6.07) is 21.6. The highest BCUT2D eigenvalue weighted by molar-refractivity contribution is 5.94. The van der Waals surface area contributed by atoms with Gasteiger partial charge in [-0.1, -0.05) is 30.3 Å². The molecular formula is C27H29N5O2. The quantitative estimate of drug-likeness (QED) is 0.437.